The van der Waals surface area contributed by atoms with Crippen LogP contribution in [0, 0.1) is 0 Å². The van der Waals surface area contributed by atoms with Crippen molar-refractivity contribution in [3.05, 3.63) is 0 Å². The molecule has 0 heterocycles. The van der Waals surface area contributed by atoms with Gasteiger partial charge in [-0.15, -0.1) is 0 Å². The van der Waals surface area contributed by atoms with Crippen LogP contribution in [-0.4, -0.2) is 83.5 Å². The minimum Gasteiger partial charge on any atom is -0.394 e. The van der Waals surface area contributed by atoms with Crippen molar-refractivity contribution in [3.8, 4) is 0 Å². The summed E-state index contributed by atoms with van der Waals surface area (Å²) >= 11 is 0. The van der Waals surface area contributed by atoms with Crippen LogP contribution < -0.4 is 0 Å². The predicted octanol–water partition coefficient (Wildman–Crippen LogP) is -2.91. The lowest BCUT2D eigenvalue weighted by molar-refractivity contribution is -0.0627. The second kappa shape index (κ2) is 9.91. The Morgan fingerprint density at radius 2 is 0.938 bits per heavy atom. The van der Waals surface area contributed by atoms with Crippen LogP contribution in [0.5, 0.6) is 0 Å². The number of hydrogen-bond acceptors (Lipinski definition) is 7. The zero-order chi connectivity index (χ0) is 12.4. The van der Waals surface area contributed by atoms with Crippen LogP contribution in [0.3, 0.4) is 0 Å². The molecule has 0 aromatic carbocycles. The molecule has 5 N–H and O–H groups in total. The molecule has 0 rings (SSSR count). The largest absolute Gasteiger partial charge is 0.394 e. The van der Waals surface area contributed by atoms with Crippen LogP contribution in [0.4, 0.5) is 0 Å². The Morgan fingerprint density at radius 1 is 0.625 bits per heavy atom. The van der Waals surface area contributed by atoms with Crippen LogP contribution in [0.15, 0.2) is 0 Å². The van der Waals surface area contributed by atoms with Crippen LogP contribution in [-0.2, 0) is 9.47 Å². The number of aliphatic hydroxyl groups excluding tert-OH is 5. The topological polar surface area (TPSA) is 120 Å². The monoisotopic (exact) mass is 240 g/mol. The van der Waals surface area contributed by atoms with E-state index < -0.39 is 31.5 Å². The van der Waals surface area contributed by atoms with Gasteiger partial charge in [0.2, 0.25) is 0 Å². The zero-order valence-electron chi connectivity index (χ0n) is 9.03. The van der Waals surface area contributed by atoms with E-state index in [4.69, 9.17) is 29.9 Å². The van der Waals surface area contributed by atoms with Crippen molar-refractivity contribution in [1.29, 1.82) is 0 Å². The highest BCUT2D eigenvalue weighted by molar-refractivity contribution is 4.56. The van der Waals surface area contributed by atoms with E-state index in [1.807, 2.05) is 0 Å². The Kier molecular flexibility index (Phi) is 9.74. The fraction of sp³-hybridized carbons (Fsp3) is 1.00. The first-order valence-electron chi connectivity index (χ1n) is 5.01. The van der Waals surface area contributed by atoms with Crippen LogP contribution >= 0.6 is 0 Å². The van der Waals surface area contributed by atoms with E-state index in [-0.39, 0.29) is 26.4 Å². The number of rotatable bonds is 10. The molecule has 0 unspecified atom stereocenters. The molecule has 0 spiro atoms. The molecule has 0 aliphatic rings. The molecule has 0 saturated carbocycles. The van der Waals surface area contributed by atoms with Gasteiger partial charge < -0.3 is 35.0 Å². The Bertz CT molecular complexity index is 139. The quantitative estimate of drug-likeness (QED) is 0.277. The summed E-state index contributed by atoms with van der Waals surface area (Å²) in [5.41, 5.74) is 0. The zero-order valence-corrected chi connectivity index (χ0v) is 9.03. The molecule has 0 amide bonds. The lowest BCUT2D eigenvalue weighted by Gasteiger charge is -2.14. The van der Waals surface area contributed by atoms with Crippen molar-refractivity contribution in [2.24, 2.45) is 0 Å². The first kappa shape index (κ1) is 15.7. The summed E-state index contributed by atoms with van der Waals surface area (Å²) in [7, 11) is 0. The summed E-state index contributed by atoms with van der Waals surface area (Å²) in [5, 5.41) is 44.0. The van der Waals surface area contributed by atoms with E-state index in [0.29, 0.717) is 0 Å². The molecular weight excluding hydrogens is 220 g/mol. The van der Waals surface area contributed by atoms with Crippen molar-refractivity contribution in [3.63, 3.8) is 0 Å². The minimum atomic E-state index is -0.954. The van der Waals surface area contributed by atoms with Crippen LogP contribution in [0.2, 0.25) is 0 Å². The molecule has 0 aliphatic heterocycles. The number of hydrogen-bond donors (Lipinski definition) is 5. The molecule has 0 aromatic heterocycles. The molecule has 0 aliphatic carbocycles. The van der Waals surface area contributed by atoms with Gasteiger partial charge in [-0.05, 0) is 0 Å². The summed E-state index contributed by atoms with van der Waals surface area (Å²) in [6, 6.07) is 0. The fourth-order valence-corrected chi connectivity index (χ4v) is 0.834. The van der Waals surface area contributed by atoms with Gasteiger partial charge in [0.25, 0.3) is 0 Å². The molecule has 7 heteroatoms. The average molecular weight is 240 g/mol. The maximum atomic E-state index is 9.28. The standard InChI is InChI=1S/C9H20O7/c10-1-7(12)3-15-5-9(14)6-16-4-8(13)2-11/h7-14H,1-6H2/t7-,8-/m0/s1. The van der Waals surface area contributed by atoms with Gasteiger partial charge in [-0.1, -0.05) is 0 Å². The van der Waals surface area contributed by atoms with Crippen molar-refractivity contribution >= 4 is 0 Å². The van der Waals surface area contributed by atoms with Crippen molar-refractivity contribution in [2.75, 3.05) is 39.6 Å². The summed E-state index contributed by atoms with van der Waals surface area (Å²) < 4.78 is 9.76. The maximum absolute atomic E-state index is 9.28. The van der Waals surface area contributed by atoms with E-state index in [1.54, 1.807) is 0 Å². The second-order valence-electron chi connectivity index (χ2n) is 3.40. The number of ether oxygens (including phenoxy) is 2. The third-order valence-electron chi connectivity index (χ3n) is 1.66. The summed E-state index contributed by atoms with van der Waals surface area (Å²) in [6.07, 6.45) is -2.79. The summed E-state index contributed by atoms with van der Waals surface area (Å²) in [6.45, 7) is -0.983. The van der Waals surface area contributed by atoms with Gasteiger partial charge in [0.05, 0.1) is 39.6 Å². The lowest BCUT2D eigenvalue weighted by Crippen LogP contribution is -2.28. The molecule has 0 saturated heterocycles. The Balaban J connectivity index is 3.34. The molecule has 16 heavy (non-hydrogen) atoms. The third-order valence-corrected chi connectivity index (χ3v) is 1.66. The Hall–Kier alpha value is -0.280. The Morgan fingerprint density at radius 3 is 1.25 bits per heavy atom. The first-order valence-corrected chi connectivity index (χ1v) is 5.01. The normalized spacial score (nSPS) is 15.4. The van der Waals surface area contributed by atoms with Crippen LogP contribution in [0.25, 0.3) is 0 Å². The molecule has 98 valence electrons. The van der Waals surface area contributed by atoms with E-state index >= 15 is 0 Å². The van der Waals surface area contributed by atoms with Crippen LogP contribution in [0.1, 0.15) is 0 Å². The highest BCUT2D eigenvalue weighted by Crippen LogP contribution is 1.92. The predicted molar refractivity (Wildman–Crippen MR) is 53.8 cm³/mol. The van der Waals surface area contributed by atoms with Crippen molar-refractivity contribution in [1.82, 2.24) is 0 Å². The lowest BCUT2D eigenvalue weighted by atomic mass is 10.4. The third kappa shape index (κ3) is 8.98. The molecule has 0 fully saturated rings. The molecule has 0 aromatic rings. The maximum Gasteiger partial charge on any atom is 0.101 e. The smallest absolute Gasteiger partial charge is 0.101 e. The number of aliphatic hydroxyl groups is 5. The van der Waals surface area contributed by atoms with Gasteiger partial charge >= 0.3 is 0 Å². The molecule has 0 bridgehead atoms. The minimum absolute atomic E-state index is 0.0354. The van der Waals surface area contributed by atoms with Gasteiger partial charge in [-0.3, -0.25) is 0 Å². The van der Waals surface area contributed by atoms with E-state index in [2.05, 4.69) is 0 Å². The average Bonchev–Trinajstić information content (AvgIpc) is 2.28. The summed E-state index contributed by atoms with van der Waals surface area (Å²) in [5.74, 6) is 0. The fourth-order valence-electron chi connectivity index (χ4n) is 0.834. The Labute approximate surface area is 93.9 Å². The van der Waals surface area contributed by atoms with Gasteiger partial charge in [0, 0.05) is 0 Å². The first-order chi connectivity index (χ1) is 7.60. The van der Waals surface area contributed by atoms with Gasteiger partial charge in [0.15, 0.2) is 0 Å². The van der Waals surface area contributed by atoms with Gasteiger partial charge in [0.1, 0.15) is 18.3 Å². The highest BCUT2D eigenvalue weighted by Gasteiger charge is 2.08. The summed E-state index contributed by atoms with van der Waals surface area (Å²) in [4.78, 5) is 0. The molecule has 0 radical (unpaired) electrons. The van der Waals surface area contributed by atoms with Crippen molar-refractivity contribution in [2.45, 2.75) is 18.3 Å². The van der Waals surface area contributed by atoms with Gasteiger partial charge in [-0.2, -0.15) is 0 Å². The van der Waals surface area contributed by atoms with E-state index in [9.17, 15) is 5.11 Å². The van der Waals surface area contributed by atoms with E-state index in [0.717, 1.165) is 0 Å². The van der Waals surface area contributed by atoms with E-state index in [1.165, 1.54) is 0 Å². The van der Waals surface area contributed by atoms with Gasteiger partial charge in [-0.25, -0.2) is 0 Å². The SMILES string of the molecule is OC[C@H](O)COCC(O)COC[C@@H](O)CO. The molecule has 7 nitrogen and oxygen atoms in total. The van der Waals surface area contributed by atoms with Crippen molar-refractivity contribution < 1.29 is 35.0 Å². The molecular formula is C9H20O7. The molecule has 2 atom stereocenters. The highest BCUT2D eigenvalue weighted by atomic mass is 16.5. The second-order valence-corrected chi connectivity index (χ2v) is 3.40.